The van der Waals surface area contributed by atoms with Crippen molar-refractivity contribution in [3.8, 4) is 45.1 Å². The molecule has 0 radical (unpaired) electrons. The van der Waals surface area contributed by atoms with E-state index in [9.17, 15) is 29.4 Å². The molecule has 2 fully saturated rings. The summed E-state index contributed by atoms with van der Waals surface area (Å²) >= 11 is 0. The fraction of sp³-hybridized carbons (Fsp3) is 0.319. The second kappa shape index (κ2) is 17.9. The van der Waals surface area contributed by atoms with Gasteiger partial charge < -0.3 is 50.1 Å². The Morgan fingerprint density at radius 2 is 1.17 bits per heavy atom. The van der Waals surface area contributed by atoms with E-state index in [1.54, 1.807) is 22.2 Å². The van der Waals surface area contributed by atoms with Gasteiger partial charge in [-0.3, -0.25) is 9.59 Å². The molecule has 4 amide bonds. The third kappa shape index (κ3) is 8.74. The van der Waals surface area contributed by atoms with Crippen LogP contribution in [0.4, 0.5) is 9.59 Å². The highest BCUT2D eigenvalue weighted by Gasteiger charge is 2.39. The molecule has 16 nitrogen and oxygen atoms in total. The van der Waals surface area contributed by atoms with Gasteiger partial charge in [0.05, 0.1) is 50.1 Å². The largest absolute Gasteiger partial charge is 0.504 e. The van der Waals surface area contributed by atoms with Crippen molar-refractivity contribution in [1.29, 1.82) is 0 Å². The lowest BCUT2D eigenvalue weighted by molar-refractivity contribution is -0.135. The van der Waals surface area contributed by atoms with Crippen LogP contribution in [0.15, 0.2) is 91.3 Å². The standard InChI is InChI=1S/C47H50N8O8/c1-26(2)40(52-46(60)62-3)44(58)54-19-5-7-36(54)43-49-25-35(51-43)32-16-15-30-21-29(13-14-31(30)22-32)27-9-11-28(12-10-27)34-24-48-42(50-34)37-8-6-20-55(37)45(59)41(53-47(61)63-4)33-17-18-38(56)39(57)23-33/h9-18,21-26,36-37,40-41,56-57H,5-8,19-20H2,1-4H3,(H,48,50)(H,49,51)(H,52,60)(H,53,61)/t36?,37?,40-,41?/m0/s1. The number of hydrogen-bond donors (Lipinski definition) is 6. The molecular formula is C47H50N8O8. The van der Waals surface area contributed by atoms with Crippen molar-refractivity contribution in [2.45, 2.75) is 63.7 Å². The summed E-state index contributed by atoms with van der Waals surface area (Å²) in [6.45, 7) is 4.81. The number of alkyl carbamates (subject to hydrolysis) is 2. The second-order valence-corrected chi connectivity index (χ2v) is 16.3. The number of ether oxygens (including phenoxy) is 2. The van der Waals surface area contributed by atoms with Gasteiger partial charge in [-0.25, -0.2) is 19.6 Å². The van der Waals surface area contributed by atoms with Crippen molar-refractivity contribution in [2.24, 2.45) is 5.92 Å². The molecule has 3 unspecified atom stereocenters. The molecule has 8 rings (SSSR count). The van der Waals surface area contributed by atoms with Gasteiger partial charge >= 0.3 is 12.2 Å². The molecule has 4 aromatic carbocycles. The Hall–Kier alpha value is -7.36. The first-order valence-corrected chi connectivity index (χ1v) is 21.0. The number of fused-ring (bicyclic) bond motifs is 1. The van der Waals surface area contributed by atoms with Crippen LogP contribution in [0.2, 0.25) is 0 Å². The molecule has 4 heterocycles. The number of imidazole rings is 2. The topological polar surface area (TPSA) is 215 Å². The van der Waals surface area contributed by atoms with Gasteiger partial charge in [-0.15, -0.1) is 0 Å². The van der Waals surface area contributed by atoms with Gasteiger partial charge in [0.15, 0.2) is 11.5 Å². The SMILES string of the molecule is COC(=O)NC(C(=O)N1CCCC1c1ncc(-c2ccc(-c3ccc4cc(-c5cnc(C6CCCN6C(=O)[C@@H](NC(=O)OC)C(C)C)[nH]5)ccc4c3)cc2)[nH]1)c1ccc(O)c(O)c1. The van der Waals surface area contributed by atoms with E-state index in [1.165, 1.54) is 32.4 Å². The molecule has 2 saturated heterocycles. The zero-order valence-electron chi connectivity index (χ0n) is 35.4. The van der Waals surface area contributed by atoms with Gasteiger partial charge in [-0.05, 0) is 88.9 Å². The average Bonchev–Trinajstić information content (AvgIpc) is 4.15. The van der Waals surface area contributed by atoms with Crippen LogP contribution in [0.1, 0.15) is 74.9 Å². The summed E-state index contributed by atoms with van der Waals surface area (Å²) in [5.74, 6) is -0.0891. The number of rotatable bonds is 11. The van der Waals surface area contributed by atoms with Crippen molar-refractivity contribution in [3.05, 3.63) is 108 Å². The minimum atomic E-state index is -1.16. The number of hydrogen-bond acceptors (Lipinski definition) is 10. The Kier molecular flexibility index (Phi) is 12.0. The Morgan fingerprint density at radius 1 is 0.651 bits per heavy atom. The molecule has 0 saturated carbocycles. The Labute approximate surface area is 363 Å². The smallest absolute Gasteiger partial charge is 0.407 e. The molecule has 4 atom stereocenters. The van der Waals surface area contributed by atoms with E-state index < -0.39 is 35.9 Å². The van der Waals surface area contributed by atoms with Crippen molar-refractivity contribution in [1.82, 2.24) is 40.4 Å². The number of phenolic OH excluding ortho intramolecular Hbond substituents is 2. The molecule has 0 spiro atoms. The summed E-state index contributed by atoms with van der Waals surface area (Å²) < 4.78 is 9.54. The van der Waals surface area contributed by atoms with Crippen LogP contribution in [-0.2, 0) is 19.1 Å². The lowest BCUT2D eigenvalue weighted by Gasteiger charge is -2.30. The lowest BCUT2D eigenvalue weighted by atomic mass is 9.98. The molecular weight excluding hydrogens is 805 g/mol. The van der Waals surface area contributed by atoms with E-state index in [0.717, 1.165) is 63.7 Å². The molecule has 2 aliphatic heterocycles. The monoisotopic (exact) mass is 854 g/mol. The number of aromatic nitrogens is 4. The number of likely N-dealkylation sites (tertiary alicyclic amines) is 2. The van der Waals surface area contributed by atoms with E-state index in [2.05, 4.69) is 74.1 Å². The predicted octanol–water partition coefficient (Wildman–Crippen LogP) is 7.50. The first-order valence-electron chi connectivity index (χ1n) is 21.0. The second-order valence-electron chi connectivity index (χ2n) is 16.3. The van der Waals surface area contributed by atoms with Gasteiger partial charge in [0, 0.05) is 18.7 Å². The molecule has 0 bridgehead atoms. The van der Waals surface area contributed by atoms with E-state index in [4.69, 9.17) is 14.5 Å². The number of phenols is 2. The molecule has 63 heavy (non-hydrogen) atoms. The van der Waals surface area contributed by atoms with Crippen LogP contribution in [0.3, 0.4) is 0 Å². The number of benzene rings is 4. The predicted molar refractivity (Wildman–Crippen MR) is 234 cm³/mol. The Bertz CT molecular complexity index is 2660. The van der Waals surface area contributed by atoms with E-state index in [-0.39, 0.29) is 29.7 Å². The minimum Gasteiger partial charge on any atom is -0.504 e. The number of amides is 4. The van der Waals surface area contributed by atoms with Crippen LogP contribution >= 0.6 is 0 Å². The van der Waals surface area contributed by atoms with Crippen LogP contribution in [0.5, 0.6) is 11.5 Å². The molecule has 16 heteroatoms. The zero-order chi connectivity index (χ0) is 44.4. The normalized spacial score (nSPS) is 17.2. The summed E-state index contributed by atoms with van der Waals surface area (Å²) in [5.41, 5.74) is 5.92. The maximum absolute atomic E-state index is 14.0. The van der Waals surface area contributed by atoms with Gasteiger partial charge in [0.2, 0.25) is 5.91 Å². The summed E-state index contributed by atoms with van der Waals surface area (Å²) in [7, 11) is 2.49. The number of carbonyl (C=O) groups excluding carboxylic acids is 4. The fourth-order valence-electron chi connectivity index (χ4n) is 8.60. The number of aromatic amines is 2. The maximum Gasteiger partial charge on any atom is 0.407 e. The summed E-state index contributed by atoms with van der Waals surface area (Å²) in [6, 6.07) is 22.3. The van der Waals surface area contributed by atoms with Crippen LogP contribution in [0.25, 0.3) is 44.4 Å². The first-order chi connectivity index (χ1) is 30.4. The van der Waals surface area contributed by atoms with Gasteiger partial charge in [-0.1, -0.05) is 68.4 Å². The summed E-state index contributed by atoms with van der Waals surface area (Å²) in [5, 5.41) is 27.4. The van der Waals surface area contributed by atoms with Crippen molar-refractivity contribution in [2.75, 3.05) is 27.3 Å². The number of methoxy groups -OCH3 is 2. The third-order valence-electron chi connectivity index (χ3n) is 12.0. The molecule has 6 N–H and O–H groups in total. The molecule has 2 aliphatic rings. The van der Waals surface area contributed by atoms with Crippen molar-refractivity contribution < 1.29 is 38.9 Å². The molecule has 0 aliphatic carbocycles. The van der Waals surface area contributed by atoms with E-state index in [1.807, 2.05) is 26.0 Å². The van der Waals surface area contributed by atoms with Gasteiger partial charge in [0.1, 0.15) is 23.7 Å². The van der Waals surface area contributed by atoms with Crippen LogP contribution in [-0.4, -0.2) is 97.3 Å². The number of nitrogens with one attached hydrogen (secondary N) is 4. The van der Waals surface area contributed by atoms with Gasteiger partial charge in [-0.2, -0.15) is 0 Å². The summed E-state index contributed by atoms with van der Waals surface area (Å²) in [6.07, 6.45) is 5.11. The van der Waals surface area contributed by atoms with Gasteiger partial charge in [0.25, 0.3) is 5.91 Å². The minimum absolute atomic E-state index is 0.118. The highest BCUT2D eigenvalue weighted by molar-refractivity contribution is 5.91. The first kappa shape index (κ1) is 42.3. The number of carbonyl (C=O) groups is 4. The average molecular weight is 855 g/mol. The van der Waals surface area contributed by atoms with Crippen molar-refractivity contribution in [3.63, 3.8) is 0 Å². The van der Waals surface area contributed by atoms with E-state index in [0.29, 0.717) is 36.7 Å². The highest BCUT2D eigenvalue weighted by atomic mass is 16.5. The van der Waals surface area contributed by atoms with Crippen molar-refractivity contribution >= 4 is 34.8 Å². The Balaban J connectivity index is 0.945. The molecule has 326 valence electrons. The third-order valence-corrected chi connectivity index (χ3v) is 12.0. The fourth-order valence-corrected chi connectivity index (χ4v) is 8.60. The zero-order valence-corrected chi connectivity index (χ0v) is 35.4. The molecule has 6 aromatic rings. The van der Waals surface area contributed by atoms with Crippen LogP contribution < -0.4 is 10.6 Å². The Morgan fingerprint density at radius 3 is 1.76 bits per heavy atom. The van der Waals surface area contributed by atoms with E-state index >= 15 is 0 Å². The number of aromatic hydroxyl groups is 2. The number of nitrogens with zero attached hydrogens (tertiary/aromatic N) is 4. The number of H-pyrrole nitrogens is 2. The summed E-state index contributed by atoms with van der Waals surface area (Å²) in [4.78, 5) is 71.5. The highest BCUT2D eigenvalue weighted by Crippen LogP contribution is 2.37. The quantitative estimate of drug-likeness (QED) is 0.0706. The maximum atomic E-state index is 14.0. The van der Waals surface area contributed by atoms with Crippen LogP contribution in [0, 0.1) is 5.92 Å². The lowest BCUT2D eigenvalue weighted by Crippen LogP contribution is -2.51. The molecule has 2 aromatic heterocycles.